The van der Waals surface area contributed by atoms with Crippen LogP contribution < -0.4 is 5.32 Å². The first-order chi connectivity index (χ1) is 12.3. The summed E-state index contributed by atoms with van der Waals surface area (Å²) in [5, 5.41) is 3.03. The van der Waals surface area contributed by atoms with Gasteiger partial charge < -0.3 is 10.1 Å². The van der Waals surface area contributed by atoms with Crippen molar-refractivity contribution < 1.29 is 9.53 Å². The van der Waals surface area contributed by atoms with E-state index in [-0.39, 0.29) is 5.91 Å². The summed E-state index contributed by atoms with van der Waals surface area (Å²) in [6.45, 7) is 5.14. The van der Waals surface area contributed by atoms with E-state index in [1.807, 2.05) is 18.2 Å². The molecule has 1 amide bonds. The van der Waals surface area contributed by atoms with Crippen molar-refractivity contribution in [2.24, 2.45) is 0 Å². The normalized spacial score (nSPS) is 16.8. The van der Waals surface area contributed by atoms with E-state index in [9.17, 15) is 4.79 Å². The number of nitrogens with zero attached hydrogens (tertiary/aromatic N) is 1. The van der Waals surface area contributed by atoms with E-state index >= 15 is 0 Å². The summed E-state index contributed by atoms with van der Waals surface area (Å²) < 4.78 is 5.45. The zero-order chi connectivity index (χ0) is 17.1. The fourth-order valence-corrected chi connectivity index (χ4v) is 3.66. The van der Waals surface area contributed by atoms with Gasteiger partial charge in [0.15, 0.2) is 0 Å². The summed E-state index contributed by atoms with van der Waals surface area (Å²) in [5.74, 6) is -0.0245. The predicted octanol–water partition coefficient (Wildman–Crippen LogP) is 3.24. The molecule has 2 aliphatic heterocycles. The molecule has 25 heavy (non-hydrogen) atoms. The average Bonchev–Trinajstić information content (AvgIpc) is 3.32. The number of benzene rings is 2. The van der Waals surface area contributed by atoms with E-state index in [2.05, 4.69) is 34.5 Å². The first-order valence-corrected chi connectivity index (χ1v) is 9.06. The third kappa shape index (κ3) is 3.75. The molecule has 0 unspecified atom stereocenters. The molecule has 0 aromatic heterocycles. The summed E-state index contributed by atoms with van der Waals surface area (Å²) in [6, 6.07) is 14.4. The molecule has 0 spiro atoms. The number of carbonyl (C=O) groups excluding carboxylic acids is 1. The third-order valence-electron chi connectivity index (χ3n) is 5.10. The van der Waals surface area contributed by atoms with Gasteiger partial charge >= 0.3 is 0 Å². The first-order valence-electron chi connectivity index (χ1n) is 9.06. The lowest BCUT2D eigenvalue weighted by atomic mass is 10.0. The molecule has 4 nitrogen and oxygen atoms in total. The fourth-order valence-electron chi connectivity index (χ4n) is 3.66. The van der Waals surface area contributed by atoms with E-state index in [4.69, 9.17) is 4.74 Å². The molecule has 1 fully saturated rings. The van der Waals surface area contributed by atoms with Crippen molar-refractivity contribution in [2.75, 3.05) is 13.1 Å². The Labute approximate surface area is 148 Å². The van der Waals surface area contributed by atoms with Crippen LogP contribution in [0.3, 0.4) is 0 Å². The number of hydrogen-bond donors (Lipinski definition) is 1. The van der Waals surface area contributed by atoms with Gasteiger partial charge in [-0.15, -0.1) is 0 Å². The molecule has 0 aliphatic carbocycles. The van der Waals surface area contributed by atoms with E-state index in [0.717, 1.165) is 28.8 Å². The maximum atomic E-state index is 12.5. The highest BCUT2D eigenvalue weighted by atomic mass is 16.5. The molecule has 2 heterocycles. The largest absolute Gasteiger partial charge is 0.372 e. The summed E-state index contributed by atoms with van der Waals surface area (Å²) in [6.07, 6.45) is 2.64. The van der Waals surface area contributed by atoms with Gasteiger partial charge in [-0.25, -0.2) is 0 Å². The van der Waals surface area contributed by atoms with Crippen LogP contribution in [0, 0.1) is 0 Å². The molecule has 1 saturated heterocycles. The lowest BCUT2D eigenvalue weighted by Gasteiger charge is -2.15. The summed E-state index contributed by atoms with van der Waals surface area (Å²) in [4.78, 5) is 15.0. The monoisotopic (exact) mass is 336 g/mol. The standard InChI is InChI=1S/C21H24N2O2/c24-21(19-5-3-4-18-14-25-15-20(18)19)22-12-16-6-8-17(9-7-16)13-23-10-1-2-11-23/h3-9H,1-2,10-15H2,(H,22,24). The third-order valence-corrected chi connectivity index (χ3v) is 5.10. The summed E-state index contributed by atoms with van der Waals surface area (Å²) >= 11 is 0. The number of amides is 1. The number of ether oxygens (including phenoxy) is 1. The Hall–Kier alpha value is -2.17. The molecule has 0 radical (unpaired) electrons. The number of carbonyl (C=O) groups is 1. The van der Waals surface area contributed by atoms with Crippen LogP contribution in [0.1, 0.15) is 45.5 Å². The van der Waals surface area contributed by atoms with Crippen molar-refractivity contribution in [2.45, 2.75) is 39.1 Å². The van der Waals surface area contributed by atoms with Crippen LogP contribution in [0.2, 0.25) is 0 Å². The molecule has 2 aromatic carbocycles. The molecular formula is C21H24N2O2. The molecule has 2 aromatic rings. The van der Waals surface area contributed by atoms with Gasteiger partial charge in [0.05, 0.1) is 13.2 Å². The zero-order valence-corrected chi connectivity index (χ0v) is 14.5. The highest BCUT2D eigenvalue weighted by Gasteiger charge is 2.19. The molecule has 0 bridgehead atoms. The van der Waals surface area contributed by atoms with Gasteiger partial charge in [-0.3, -0.25) is 9.69 Å². The Balaban J connectivity index is 1.35. The summed E-state index contributed by atoms with van der Waals surface area (Å²) in [5.41, 5.74) is 5.36. The van der Waals surface area contributed by atoms with Gasteiger partial charge in [0, 0.05) is 18.7 Å². The second-order valence-corrected chi connectivity index (χ2v) is 6.92. The Bertz CT molecular complexity index is 749. The van der Waals surface area contributed by atoms with Crippen molar-refractivity contribution in [1.29, 1.82) is 0 Å². The molecule has 1 N–H and O–H groups in total. The maximum absolute atomic E-state index is 12.5. The molecule has 4 heteroatoms. The Kier molecular flexibility index (Phi) is 4.81. The second-order valence-electron chi connectivity index (χ2n) is 6.92. The van der Waals surface area contributed by atoms with Crippen molar-refractivity contribution in [1.82, 2.24) is 10.2 Å². The highest BCUT2D eigenvalue weighted by molar-refractivity contribution is 5.96. The van der Waals surface area contributed by atoms with Crippen LogP contribution in [0.15, 0.2) is 42.5 Å². The summed E-state index contributed by atoms with van der Waals surface area (Å²) in [7, 11) is 0. The van der Waals surface area contributed by atoms with Gasteiger partial charge in [0.2, 0.25) is 0 Å². The van der Waals surface area contributed by atoms with E-state index < -0.39 is 0 Å². The molecule has 0 saturated carbocycles. The van der Waals surface area contributed by atoms with E-state index in [0.29, 0.717) is 19.8 Å². The minimum Gasteiger partial charge on any atom is -0.372 e. The maximum Gasteiger partial charge on any atom is 0.251 e. The number of nitrogens with one attached hydrogen (secondary N) is 1. The topological polar surface area (TPSA) is 41.6 Å². The smallest absolute Gasteiger partial charge is 0.251 e. The number of likely N-dealkylation sites (tertiary alicyclic amines) is 1. The number of hydrogen-bond acceptors (Lipinski definition) is 3. The average molecular weight is 336 g/mol. The highest BCUT2D eigenvalue weighted by Crippen LogP contribution is 2.23. The zero-order valence-electron chi connectivity index (χ0n) is 14.5. The van der Waals surface area contributed by atoms with Crippen molar-refractivity contribution >= 4 is 5.91 Å². The molecule has 130 valence electrons. The minimum atomic E-state index is -0.0245. The van der Waals surface area contributed by atoms with Gasteiger partial charge in [-0.2, -0.15) is 0 Å². The van der Waals surface area contributed by atoms with Crippen molar-refractivity contribution in [3.05, 3.63) is 70.3 Å². The van der Waals surface area contributed by atoms with Crippen LogP contribution in [-0.4, -0.2) is 23.9 Å². The minimum absolute atomic E-state index is 0.0245. The Morgan fingerprint density at radius 2 is 1.76 bits per heavy atom. The molecule has 0 atom stereocenters. The molecule has 4 rings (SSSR count). The van der Waals surface area contributed by atoms with E-state index in [1.165, 1.54) is 31.5 Å². The van der Waals surface area contributed by atoms with Crippen LogP contribution in [-0.2, 0) is 31.0 Å². The Morgan fingerprint density at radius 3 is 2.56 bits per heavy atom. The van der Waals surface area contributed by atoms with Gasteiger partial charge in [-0.1, -0.05) is 36.4 Å². The number of rotatable bonds is 5. The van der Waals surface area contributed by atoms with Gasteiger partial charge in [-0.05, 0) is 54.3 Å². The van der Waals surface area contributed by atoms with E-state index in [1.54, 1.807) is 0 Å². The lowest BCUT2D eigenvalue weighted by Crippen LogP contribution is -2.24. The fraction of sp³-hybridized carbons (Fsp3) is 0.381. The van der Waals surface area contributed by atoms with Gasteiger partial charge in [0.25, 0.3) is 5.91 Å². The Morgan fingerprint density at radius 1 is 1.00 bits per heavy atom. The lowest BCUT2D eigenvalue weighted by molar-refractivity contribution is 0.0945. The first kappa shape index (κ1) is 16.3. The van der Waals surface area contributed by atoms with Crippen LogP contribution in [0.4, 0.5) is 0 Å². The second kappa shape index (κ2) is 7.38. The quantitative estimate of drug-likeness (QED) is 0.911. The molecular weight excluding hydrogens is 312 g/mol. The van der Waals surface area contributed by atoms with Crippen molar-refractivity contribution in [3.63, 3.8) is 0 Å². The molecule has 2 aliphatic rings. The SMILES string of the molecule is O=C(NCc1ccc(CN2CCCC2)cc1)c1cccc2c1COC2. The van der Waals surface area contributed by atoms with Gasteiger partial charge in [0.1, 0.15) is 0 Å². The van der Waals surface area contributed by atoms with Crippen LogP contribution in [0.25, 0.3) is 0 Å². The van der Waals surface area contributed by atoms with Crippen LogP contribution in [0.5, 0.6) is 0 Å². The predicted molar refractivity (Wildman–Crippen MR) is 97.1 cm³/mol. The van der Waals surface area contributed by atoms with Crippen LogP contribution >= 0.6 is 0 Å². The van der Waals surface area contributed by atoms with Crippen molar-refractivity contribution in [3.8, 4) is 0 Å². The number of fused-ring (bicyclic) bond motifs is 1.